The Morgan fingerprint density at radius 3 is 2.46 bits per heavy atom. The number of hydrogen-bond acceptors (Lipinski definition) is 9. The molecule has 0 saturated carbocycles. The van der Waals surface area contributed by atoms with Gasteiger partial charge in [0, 0.05) is 24.2 Å². The number of rotatable bonds is 9. The molecule has 1 aromatic carbocycles. The Morgan fingerprint density at radius 2 is 1.83 bits per heavy atom. The fraction of sp³-hybridized carbons (Fsp3) is 0.217. The molecule has 0 bridgehead atoms. The Kier molecular flexibility index (Phi) is 6.58. The molecule has 0 aliphatic rings. The summed E-state index contributed by atoms with van der Waals surface area (Å²) in [4.78, 5) is 32.2. The molecule has 0 radical (unpaired) electrons. The maximum absolute atomic E-state index is 12.0. The molecule has 12 heteroatoms. The van der Waals surface area contributed by atoms with Gasteiger partial charge in [0.25, 0.3) is 11.8 Å². The van der Waals surface area contributed by atoms with Crippen molar-refractivity contribution in [3.63, 3.8) is 0 Å². The van der Waals surface area contributed by atoms with Crippen molar-refractivity contribution >= 4 is 34.0 Å². The molecule has 35 heavy (non-hydrogen) atoms. The highest BCUT2D eigenvalue weighted by Gasteiger charge is 2.19. The van der Waals surface area contributed by atoms with Crippen molar-refractivity contribution in [2.24, 2.45) is 11.5 Å². The number of primary amides is 2. The number of aryl methyl sites for hydroxylation is 2. The van der Waals surface area contributed by atoms with E-state index in [1.165, 1.54) is 22.2 Å². The first-order chi connectivity index (χ1) is 16.6. The summed E-state index contributed by atoms with van der Waals surface area (Å²) in [7, 11) is 0. The molecule has 4 rings (SSSR count). The monoisotopic (exact) mass is 492 g/mol. The van der Waals surface area contributed by atoms with Crippen LogP contribution >= 0.6 is 11.3 Å². The van der Waals surface area contributed by atoms with Gasteiger partial charge in [0.05, 0.1) is 11.8 Å². The van der Waals surface area contributed by atoms with Crippen LogP contribution in [0.1, 0.15) is 46.1 Å². The third kappa shape index (κ3) is 5.67. The number of aliphatic hydroxyl groups is 1. The number of pyridine rings is 1. The lowest BCUT2D eigenvalue weighted by Crippen LogP contribution is -2.14. The summed E-state index contributed by atoms with van der Waals surface area (Å²) in [5, 5.41) is 22.0. The Hall–Kier alpha value is -4.16. The number of carbonyl (C=O) groups excluding carboxylic acids is 2. The van der Waals surface area contributed by atoms with Gasteiger partial charge in [-0.15, -0.1) is 5.10 Å². The van der Waals surface area contributed by atoms with E-state index in [4.69, 9.17) is 11.5 Å². The van der Waals surface area contributed by atoms with Gasteiger partial charge in [-0.3, -0.25) is 14.3 Å². The van der Waals surface area contributed by atoms with Gasteiger partial charge in [-0.2, -0.15) is 0 Å². The zero-order chi connectivity index (χ0) is 25.2. The predicted molar refractivity (Wildman–Crippen MR) is 131 cm³/mol. The molecular weight excluding hydrogens is 468 g/mol. The Bertz CT molecular complexity index is 1370. The highest BCUT2D eigenvalue weighted by Crippen LogP contribution is 2.34. The molecule has 6 N–H and O–H groups in total. The fourth-order valence-corrected chi connectivity index (χ4v) is 4.25. The summed E-state index contributed by atoms with van der Waals surface area (Å²) in [5.41, 5.74) is 12.4. The van der Waals surface area contributed by atoms with E-state index in [1.54, 1.807) is 19.9 Å². The minimum absolute atomic E-state index is 0.100. The lowest BCUT2D eigenvalue weighted by atomic mass is 9.97. The second-order valence-corrected chi connectivity index (χ2v) is 9.32. The van der Waals surface area contributed by atoms with Crippen molar-refractivity contribution in [3.8, 4) is 10.6 Å². The number of benzene rings is 1. The van der Waals surface area contributed by atoms with Crippen LogP contribution in [0.2, 0.25) is 0 Å². The molecule has 3 aromatic heterocycles. The van der Waals surface area contributed by atoms with Crippen LogP contribution in [0, 0.1) is 0 Å². The average molecular weight is 493 g/mol. The van der Waals surface area contributed by atoms with E-state index in [1.807, 2.05) is 36.4 Å². The molecule has 0 unspecified atom stereocenters. The minimum atomic E-state index is -0.957. The van der Waals surface area contributed by atoms with E-state index < -0.39 is 17.4 Å². The maximum atomic E-state index is 12.0. The van der Waals surface area contributed by atoms with E-state index in [2.05, 4.69) is 25.6 Å². The van der Waals surface area contributed by atoms with Gasteiger partial charge < -0.3 is 21.9 Å². The molecule has 0 aliphatic heterocycles. The number of thiazole rings is 1. The van der Waals surface area contributed by atoms with Gasteiger partial charge in [-0.25, -0.2) is 9.97 Å². The summed E-state index contributed by atoms with van der Waals surface area (Å²) < 4.78 is 1.52. The molecule has 0 aliphatic carbocycles. The van der Waals surface area contributed by atoms with Gasteiger partial charge in [0.2, 0.25) is 0 Å². The molecule has 4 aromatic rings. The van der Waals surface area contributed by atoms with Gasteiger partial charge >= 0.3 is 0 Å². The molecule has 2 amide bonds. The van der Waals surface area contributed by atoms with Crippen LogP contribution < -0.4 is 16.8 Å². The second kappa shape index (κ2) is 9.60. The van der Waals surface area contributed by atoms with E-state index in [-0.39, 0.29) is 11.4 Å². The van der Waals surface area contributed by atoms with Gasteiger partial charge in [-0.1, -0.05) is 46.9 Å². The maximum Gasteiger partial charge on any atom is 0.270 e. The van der Waals surface area contributed by atoms with Crippen LogP contribution in [-0.2, 0) is 18.6 Å². The van der Waals surface area contributed by atoms with Gasteiger partial charge in [0.1, 0.15) is 15.8 Å². The predicted octanol–water partition coefficient (Wildman–Crippen LogP) is 2.21. The molecule has 0 saturated heterocycles. The Morgan fingerprint density at radius 1 is 1.09 bits per heavy atom. The van der Waals surface area contributed by atoms with Crippen molar-refractivity contribution < 1.29 is 14.7 Å². The van der Waals surface area contributed by atoms with Gasteiger partial charge in [0.15, 0.2) is 11.4 Å². The molecule has 180 valence electrons. The zero-order valence-corrected chi connectivity index (χ0v) is 19.9. The van der Waals surface area contributed by atoms with Crippen molar-refractivity contribution in [1.82, 2.24) is 25.0 Å². The third-order valence-corrected chi connectivity index (χ3v) is 6.16. The summed E-state index contributed by atoms with van der Waals surface area (Å²) in [6.45, 7) is 3.88. The summed E-state index contributed by atoms with van der Waals surface area (Å²) in [5.74, 6) is -0.771. The van der Waals surface area contributed by atoms with Crippen LogP contribution in [0.5, 0.6) is 0 Å². The van der Waals surface area contributed by atoms with E-state index in [9.17, 15) is 14.7 Å². The number of nitrogens with zero attached hydrogens (tertiary/aromatic N) is 5. The number of carbonyl (C=O) groups is 2. The normalized spacial score (nSPS) is 11.4. The molecular formula is C23H24N8O3S. The van der Waals surface area contributed by atoms with Gasteiger partial charge in [-0.05, 0) is 31.5 Å². The first-order valence-corrected chi connectivity index (χ1v) is 11.5. The standard InChI is InChI=1S/C23H24N8O3S/c1-23(2,34)14-8-6-13(7-9-14)21-28-18(20(25)33)22(35-21)27-17-5-3-4-15(26-17)10-11-31-12-16(19(24)32)29-30-31/h3-9,12,34H,10-11H2,1-2H3,(H2,24,32)(H2,25,33)(H,26,27). The highest BCUT2D eigenvalue weighted by molar-refractivity contribution is 7.19. The van der Waals surface area contributed by atoms with Crippen LogP contribution in [0.25, 0.3) is 10.6 Å². The highest BCUT2D eigenvalue weighted by atomic mass is 32.1. The lowest BCUT2D eigenvalue weighted by molar-refractivity contribution is 0.0786. The summed E-state index contributed by atoms with van der Waals surface area (Å²) in [6.07, 6.45) is 2.01. The first-order valence-electron chi connectivity index (χ1n) is 10.7. The number of nitrogens with two attached hydrogens (primary N) is 2. The van der Waals surface area contributed by atoms with Crippen LogP contribution in [0.4, 0.5) is 10.8 Å². The Labute approximate surface area is 204 Å². The topological polar surface area (TPSA) is 175 Å². The molecule has 11 nitrogen and oxygen atoms in total. The second-order valence-electron chi connectivity index (χ2n) is 8.32. The molecule has 3 heterocycles. The SMILES string of the molecule is CC(C)(O)c1ccc(-c2nc(C(N)=O)c(Nc3cccc(CCn4cc(C(N)=O)nn4)n3)s2)cc1. The third-order valence-electron chi connectivity index (χ3n) is 5.14. The summed E-state index contributed by atoms with van der Waals surface area (Å²) in [6, 6.07) is 12.8. The average Bonchev–Trinajstić information content (AvgIpc) is 3.45. The van der Waals surface area contributed by atoms with E-state index >= 15 is 0 Å². The quantitative estimate of drug-likeness (QED) is 0.275. The minimum Gasteiger partial charge on any atom is -0.386 e. The molecule has 0 spiro atoms. The number of aromatic nitrogens is 5. The molecule has 0 fully saturated rings. The van der Waals surface area contributed by atoms with Crippen LogP contribution in [0.15, 0.2) is 48.7 Å². The number of anilines is 2. The Balaban J connectivity index is 1.52. The van der Waals surface area contributed by atoms with E-state index in [0.717, 1.165) is 16.8 Å². The van der Waals surface area contributed by atoms with E-state index in [0.29, 0.717) is 28.8 Å². The molecule has 0 atom stereocenters. The van der Waals surface area contributed by atoms with Crippen molar-refractivity contribution in [3.05, 3.63) is 71.3 Å². The fourth-order valence-electron chi connectivity index (χ4n) is 3.27. The van der Waals surface area contributed by atoms with Crippen LogP contribution in [-0.4, -0.2) is 41.9 Å². The zero-order valence-electron chi connectivity index (χ0n) is 19.1. The van der Waals surface area contributed by atoms with Crippen molar-refractivity contribution in [1.29, 1.82) is 0 Å². The number of amides is 2. The summed E-state index contributed by atoms with van der Waals surface area (Å²) >= 11 is 1.28. The number of nitrogens with one attached hydrogen (secondary N) is 1. The smallest absolute Gasteiger partial charge is 0.270 e. The van der Waals surface area contributed by atoms with Crippen molar-refractivity contribution in [2.75, 3.05) is 5.32 Å². The van der Waals surface area contributed by atoms with Crippen molar-refractivity contribution in [2.45, 2.75) is 32.4 Å². The number of hydrogen-bond donors (Lipinski definition) is 4. The van der Waals surface area contributed by atoms with Crippen LogP contribution in [0.3, 0.4) is 0 Å². The lowest BCUT2D eigenvalue weighted by Gasteiger charge is -2.17. The first kappa shape index (κ1) is 24.0. The largest absolute Gasteiger partial charge is 0.386 e.